The quantitative estimate of drug-likeness (QED) is 0.734. The minimum Gasteiger partial charge on any atom is -0.340 e. The molecule has 0 aliphatic carbocycles. The summed E-state index contributed by atoms with van der Waals surface area (Å²) < 4.78 is 0. The van der Waals surface area contributed by atoms with Gasteiger partial charge in [0, 0.05) is 18.6 Å². The van der Waals surface area contributed by atoms with Crippen molar-refractivity contribution in [2.24, 2.45) is 11.8 Å². The molecule has 2 aliphatic rings. The van der Waals surface area contributed by atoms with Gasteiger partial charge in [0.25, 0.3) is 0 Å². The molecule has 2 heterocycles. The number of carbonyl (C=O) groups excluding carboxylic acids is 1. The Morgan fingerprint density at radius 2 is 2.00 bits per heavy atom. The number of nitrogens with one attached hydrogen (secondary N) is 1. The Morgan fingerprint density at radius 3 is 2.56 bits per heavy atom. The van der Waals surface area contributed by atoms with Crippen LogP contribution in [0.15, 0.2) is 0 Å². The predicted molar refractivity (Wildman–Crippen MR) is 65.1 cm³/mol. The van der Waals surface area contributed by atoms with E-state index in [0.29, 0.717) is 18.0 Å². The first-order valence-electron chi connectivity index (χ1n) is 6.63. The fourth-order valence-corrected chi connectivity index (χ4v) is 3.14. The minimum absolute atomic E-state index is 0.218. The van der Waals surface area contributed by atoms with Gasteiger partial charge in [-0.25, -0.2) is 0 Å². The lowest BCUT2D eigenvalue weighted by atomic mass is 9.91. The molecule has 3 heteroatoms. The van der Waals surface area contributed by atoms with Crippen LogP contribution in [0.3, 0.4) is 0 Å². The summed E-state index contributed by atoms with van der Waals surface area (Å²) in [5, 5.41) is 3.37. The highest BCUT2D eigenvalue weighted by Crippen LogP contribution is 2.26. The number of hydrogen-bond donors (Lipinski definition) is 1. The van der Waals surface area contributed by atoms with Gasteiger partial charge in [-0.2, -0.15) is 0 Å². The number of carbonyl (C=O) groups is 1. The molecule has 0 saturated carbocycles. The molecule has 2 rings (SSSR count). The van der Waals surface area contributed by atoms with Crippen molar-refractivity contribution >= 4 is 5.91 Å². The van der Waals surface area contributed by atoms with Gasteiger partial charge in [0.1, 0.15) is 0 Å². The van der Waals surface area contributed by atoms with E-state index in [1.807, 2.05) is 0 Å². The summed E-state index contributed by atoms with van der Waals surface area (Å²) in [6.45, 7) is 8.58. The topological polar surface area (TPSA) is 32.3 Å². The second-order valence-electron chi connectivity index (χ2n) is 5.65. The van der Waals surface area contributed by atoms with E-state index in [2.05, 4.69) is 31.0 Å². The molecule has 16 heavy (non-hydrogen) atoms. The van der Waals surface area contributed by atoms with Gasteiger partial charge in [-0.3, -0.25) is 4.79 Å². The van der Waals surface area contributed by atoms with Crippen LogP contribution in [-0.2, 0) is 4.79 Å². The Balaban J connectivity index is 1.98. The van der Waals surface area contributed by atoms with E-state index in [1.54, 1.807) is 0 Å². The van der Waals surface area contributed by atoms with E-state index in [4.69, 9.17) is 0 Å². The van der Waals surface area contributed by atoms with Crippen LogP contribution in [0.5, 0.6) is 0 Å². The Labute approximate surface area is 98.6 Å². The molecular formula is C13H24N2O. The van der Waals surface area contributed by atoms with Crippen LogP contribution in [-0.4, -0.2) is 36.0 Å². The first-order chi connectivity index (χ1) is 7.59. The van der Waals surface area contributed by atoms with Crippen molar-refractivity contribution in [1.29, 1.82) is 0 Å². The van der Waals surface area contributed by atoms with Crippen LogP contribution in [0.4, 0.5) is 0 Å². The second-order valence-corrected chi connectivity index (χ2v) is 5.65. The van der Waals surface area contributed by atoms with Crippen LogP contribution in [0.1, 0.15) is 40.0 Å². The number of likely N-dealkylation sites (tertiary alicyclic amines) is 1. The average Bonchev–Trinajstić information content (AvgIpc) is 2.63. The van der Waals surface area contributed by atoms with Crippen molar-refractivity contribution in [3.8, 4) is 0 Å². The van der Waals surface area contributed by atoms with E-state index >= 15 is 0 Å². The molecule has 0 aromatic carbocycles. The molecule has 0 radical (unpaired) electrons. The molecule has 2 saturated heterocycles. The van der Waals surface area contributed by atoms with Crippen molar-refractivity contribution in [2.75, 3.05) is 13.1 Å². The van der Waals surface area contributed by atoms with E-state index in [-0.39, 0.29) is 5.92 Å². The number of amides is 1. The molecule has 1 amide bonds. The van der Waals surface area contributed by atoms with Crippen LogP contribution >= 0.6 is 0 Å². The molecule has 3 nitrogen and oxygen atoms in total. The van der Waals surface area contributed by atoms with Crippen molar-refractivity contribution in [1.82, 2.24) is 10.2 Å². The lowest BCUT2D eigenvalue weighted by Gasteiger charge is -2.38. The van der Waals surface area contributed by atoms with E-state index < -0.39 is 0 Å². The van der Waals surface area contributed by atoms with Gasteiger partial charge in [-0.15, -0.1) is 0 Å². The summed E-state index contributed by atoms with van der Waals surface area (Å²) in [5.74, 6) is 1.38. The Hall–Kier alpha value is -0.570. The molecule has 0 bridgehead atoms. The second kappa shape index (κ2) is 4.74. The van der Waals surface area contributed by atoms with Gasteiger partial charge < -0.3 is 10.2 Å². The Kier molecular flexibility index (Phi) is 3.53. The normalized spacial score (nSPS) is 40.1. The third-order valence-electron chi connectivity index (χ3n) is 4.26. The predicted octanol–water partition coefficient (Wildman–Crippen LogP) is 1.63. The summed E-state index contributed by atoms with van der Waals surface area (Å²) in [6.07, 6.45) is 3.35. The fourth-order valence-electron chi connectivity index (χ4n) is 3.14. The SMILES string of the molecule is CC1CCN(C(=O)C2CCNC2C)C(C)C1. The largest absolute Gasteiger partial charge is 0.340 e. The highest BCUT2D eigenvalue weighted by Gasteiger charge is 2.35. The summed E-state index contributed by atoms with van der Waals surface area (Å²) >= 11 is 0. The first-order valence-corrected chi connectivity index (χ1v) is 6.63. The van der Waals surface area contributed by atoms with Crippen LogP contribution < -0.4 is 5.32 Å². The fraction of sp³-hybridized carbons (Fsp3) is 0.923. The summed E-state index contributed by atoms with van der Waals surface area (Å²) in [7, 11) is 0. The van der Waals surface area contributed by atoms with Gasteiger partial charge in [0.2, 0.25) is 5.91 Å². The molecule has 4 atom stereocenters. The third kappa shape index (κ3) is 2.24. The van der Waals surface area contributed by atoms with Gasteiger partial charge in [-0.05, 0) is 45.6 Å². The van der Waals surface area contributed by atoms with Crippen LogP contribution in [0, 0.1) is 11.8 Å². The highest BCUT2D eigenvalue weighted by atomic mass is 16.2. The van der Waals surface area contributed by atoms with Gasteiger partial charge in [-0.1, -0.05) is 6.92 Å². The number of rotatable bonds is 1. The lowest BCUT2D eigenvalue weighted by Crippen LogP contribution is -2.48. The molecule has 0 aromatic heterocycles. The Morgan fingerprint density at radius 1 is 1.25 bits per heavy atom. The zero-order chi connectivity index (χ0) is 11.7. The molecule has 0 spiro atoms. The minimum atomic E-state index is 0.218. The zero-order valence-electron chi connectivity index (χ0n) is 10.7. The van der Waals surface area contributed by atoms with Crippen LogP contribution in [0.25, 0.3) is 0 Å². The molecule has 92 valence electrons. The molecule has 1 N–H and O–H groups in total. The Bertz CT molecular complexity index is 267. The number of piperidine rings is 1. The standard InChI is InChI=1S/C13H24N2O/c1-9-5-7-15(10(2)8-9)13(16)12-4-6-14-11(12)3/h9-12,14H,4-8H2,1-3H3. The maximum Gasteiger partial charge on any atom is 0.227 e. The van der Waals surface area contributed by atoms with Crippen LogP contribution in [0.2, 0.25) is 0 Å². The highest BCUT2D eigenvalue weighted by molar-refractivity contribution is 5.80. The number of nitrogens with zero attached hydrogens (tertiary/aromatic N) is 1. The summed E-state index contributed by atoms with van der Waals surface area (Å²) in [6, 6.07) is 0.795. The number of hydrogen-bond acceptors (Lipinski definition) is 2. The van der Waals surface area contributed by atoms with Gasteiger partial charge in [0.15, 0.2) is 0 Å². The third-order valence-corrected chi connectivity index (χ3v) is 4.26. The molecule has 2 fully saturated rings. The van der Waals surface area contributed by atoms with Gasteiger partial charge >= 0.3 is 0 Å². The maximum atomic E-state index is 12.4. The maximum absolute atomic E-state index is 12.4. The first kappa shape index (κ1) is 11.9. The van der Waals surface area contributed by atoms with Gasteiger partial charge in [0.05, 0.1) is 5.92 Å². The average molecular weight is 224 g/mol. The van der Waals surface area contributed by atoms with Crippen molar-refractivity contribution in [2.45, 2.75) is 52.1 Å². The summed E-state index contributed by atoms with van der Waals surface area (Å²) in [5.41, 5.74) is 0. The smallest absolute Gasteiger partial charge is 0.227 e. The zero-order valence-corrected chi connectivity index (χ0v) is 10.7. The molecular weight excluding hydrogens is 200 g/mol. The lowest BCUT2D eigenvalue weighted by molar-refractivity contribution is -0.139. The van der Waals surface area contributed by atoms with E-state index in [1.165, 1.54) is 12.8 Å². The van der Waals surface area contributed by atoms with Crippen molar-refractivity contribution in [3.63, 3.8) is 0 Å². The molecule has 4 unspecified atom stereocenters. The monoisotopic (exact) mass is 224 g/mol. The van der Waals surface area contributed by atoms with E-state index in [0.717, 1.165) is 25.4 Å². The van der Waals surface area contributed by atoms with Crippen molar-refractivity contribution < 1.29 is 4.79 Å². The van der Waals surface area contributed by atoms with Crippen molar-refractivity contribution in [3.05, 3.63) is 0 Å². The van der Waals surface area contributed by atoms with E-state index in [9.17, 15) is 4.79 Å². The summed E-state index contributed by atoms with van der Waals surface area (Å²) in [4.78, 5) is 14.5. The molecule has 0 aromatic rings. The molecule has 2 aliphatic heterocycles.